The fourth-order valence-electron chi connectivity index (χ4n) is 2.67. The second-order valence-corrected chi connectivity index (χ2v) is 8.38. The van der Waals surface area contributed by atoms with Gasteiger partial charge in [0.15, 0.2) is 0 Å². The Morgan fingerprint density at radius 1 is 1.35 bits per heavy atom. The molecular weight excluding hydrogens is 362 g/mol. The summed E-state index contributed by atoms with van der Waals surface area (Å²) in [6.07, 6.45) is 4.11. The van der Waals surface area contributed by atoms with Crippen molar-refractivity contribution in [3.05, 3.63) is 27.7 Å². The molecule has 1 aromatic carbocycles. The third-order valence-electron chi connectivity index (χ3n) is 4.01. The van der Waals surface area contributed by atoms with Gasteiger partial charge in [-0.1, -0.05) is 28.8 Å². The molecule has 0 radical (unpaired) electrons. The molecule has 0 N–H and O–H groups in total. The van der Waals surface area contributed by atoms with Gasteiger partial charge in [-0.15, -0.1) is 11.6 Å². The molecule has 0 aliphatic heterocycles. The van der Waals surface area contributed by atoms with E-state index in [1.165, 1.54) is 4.31 Å². The maximum atomic E-state index is 12.8. The van der Waals surface area contributed by atoms with Crippen LogP contribution in [0.25, 0.3) is 0 Å². The van der Waals surface area contributed by atoms with Crippen molar-refractivity contribution in [1.29, 1.82) is 0 Å². The molecule has 0 atom stereocenters. The molecule has 0 spiro atoms. The van der Waals surface area contributed by atoms with Gasteiger partial charge in [-0.2, -0.15) is 4.31 Å². The van der Waals surface area contributed by atoms with E-state index in [2.05, 4.69) is 15.9 Å². The molecule has 112 valence electrons. The van der Waals surface area contributed by atoms with E-state index < -0.39 is 10.0 Å². The minimum absolute atomic E-state index is 0.123. The first-order valence-electron chi connectivity index (χ1n) is 6.71. The quantitative estimate of drug-likeness (QED) is 0.739. The topological polar surface area (TPSA) is 37.4 Å². The lowest BCUT2D eigenvalue weighted by Crippen LogP contribution is -2.35. The molecule has 0 unspecified atom stereocenters. The highest BCUT2D eigenvalue weighted by Crippen LogP contribution is 2.32. The van der Waals surface area contributed by atoms with Crippen molar-refractivity contribution in [2.24, 2.45) is 0 Å². The highest BCUT2D eigenvalue weighted by molar-refractivity contribution is 9.10. The minimum atomic E-state index is -3.46. The van der Waals surface area contributed by atoms with Crippen molar-refractivity contribution in [3.63, 3.8) is 0 Å². The Balaban J connectivity index is 2.45. The Kier molecular flexibility index (Phi) is 5.16. The number of nitrogens with zero attached hydrogens (tertiary/aromatic N) is 1. The molecule has 1 saturated carbocycles. The van der Waals surface area contributed by atoms with Crippen LogP contribution in [0.4, 0.5) is 0 Å². The lowest BCUT2D eigenvalue weighted by atomic mass is 10.2. The van der Waals surface area contributed by atoms with Gasteiger partial charge in [-0.05, 0) is 43.0 Å². The van der Waals surface area contributed by atoms with Gasteiger partial charge in [-0.25, -0.2) is 8.42 Å². The number of alkyl halides is 1. The minimum Gasteiger partial charge on any atom is -0.207 e. The smallest absolute Gasteiger partial charge is 0.207 e. The van der Waals surface area contributed by atoms with Crippen molar-refractivity contribution >= 4 is 37.6 Å². The third kappa shape index (κ3) is 3.06. The molecule has 2 rings (SSSR count). The molecule has 0 bridgehead atoms. The van der Waals surface area contributed by atoms with E-state index in [-0.39, 0.29) is 6.04 Å². The van der Waals surface area contributed by atoms with Crippen LogP contribution in [0.1, 0.15) is 36.8 Å². The summed E-state index contributed by atoms with van der Waals surface area (Å²) in [5.74, 6) is 0.300. The van der Waals surface area contributed by atoms with Crippen molar-refractivity contribution in [2.75, 3.05) is 7.05 Å². The Bertz CT molecular complexity index is 597. The summed E-state index contributed by atoms with van der Waals surface area (Å²) >= 11 is 9.27. The van der Waals surface area contributed by atoms with E-state index in [4.69, 9.17) is 11.6 Å². The number of benzene rings is 1. The molecule has 1 aliphatic carbocycles. The molecule has 1 aliphatic rings. The zero-order chi connectivity index (χ0) is 14.9. The zero-order valence-electron chi connectivity index (χ0n) is 11.7. The predicted molar refractivity (Wildman–Crippen MR) is 85.6 cm³/mol. The van der Waals surface area contributed by atoms with E-state index in [0.717, 1.165) is 41.3 Å². The van der Waals surface area contributed by atoms with E-state index in [9.17, 15) is 8.42 Å². The Hall–Kier alpha value is -0.100. The van der Waals surface area contributed by atoms with Crippen molar-refractivity contribution in [1.82, 2.24) is 4.31 Å². The van der Waals surface area contributed by atoms with Crippen LogP contribution in [0, 0.1) is 6.92 Å². The summed E-state index contributed by atoms with van der Waals surface area (Å²) in [5, 5.41) is 0. The maximum absolute atomic E-state index is 12.8. The van der Waals surface area contributed by atoms with Gasteiger partial charge in [0, 0.05) is 23.4 Å². The largest absolute Gasteiger partial charge is 0.243 e. The molecule has 0 amide bonds. The zero-order valence-corrected chi connectivity index (χ0v) is 14.9. The number of rotatable bonds is 4. The molecule has 1 fully saturated rings. The summed E-state index contributed by atoms with van der Waals surface area (Å²) < 4.78 is 28.0. The SMILES string of the molecule is Cc1c(Br)cc(CCl)cc1S(=O)(=O)N(C)C1CCCC1. The monoisotopic (exact) mass is 379 g/mol. The second-order valence-electron chi connectivity index (χ2n) is 5.29. The molecular formula is C14H19BrClNO2S. The molecule has 3 nitrogen and oxygen atoms in total. The van der Waals surface area contributed by atoms with Crippen molar-refractivity contribution in [3.8, 4) is 0 Å². The van der Waals surface area contributed by atoms with E-state index in [1.807, 2.05) is 13.0 Å². The molecule has 6 heteroatoms. The number of sulfonamides is 1. The van der Waals surface area contributed by atoms with Gasteiger partial charge in [0.2, 0.25) is 10.0 Å². The number of hydrogen-bond acceptors (Lipinski definition) is 2. The van der Waals surface area contributed by atoms with Crippen LogP contribution in [-0.2, 0) is 15.9 Å². The first-order chi connectivity index (χ1) is 9.37. The average Bonchev–Trinajstić information content (AvgIpc) is 2.94. The van der Waals surface area contributed by atoms with Crippen molar-refractivity contribution in [2.45, 2.75) is 49.4 Å². The molecule has 0 heterocycles. The first-order valence-corrected chi connectivity index (χ1v) is 9.47. The maximum Gasteiger partial charge on any atom is 0.243 e. The second kappa shape index (κ2) is 6.34. The molecule has 0 aromatic heterocycles. The van der Waals surface area contributed by atoms with Crippen LogP contribution in [0.5, 0.6) is 0 Å². The third-order valence-corrected chi connectivity index (χ3v) is 7.18. The van der Waals surface area contributed by atoms with Crippen LogP contribution in [0.2, 0.25) is 0 Å². The normalized spacial score (nSPS) is 17.1. The fourth-order valence-corrected chi connectivity index (χ4v) is 5.18. The highest BCUT2D eigenvalue weighted by Gasteiger charge is 2.31. The fraction of sp³-hybridized carbons (Fsp3) is 0.571. The standard InChI is InChI=1S/C14H19BrClNO2S/c1-10-13(15)7-11(9-16)8-14(10)20(18,19)17(2)12-5-3-4-6-12/h7-8,12H,3-6,9H2,1-2H3. The summed E-state index contributed by atoms with van der Waals surface area (Å²) in [6.45, 7) is 1.82. The summed E-state index contributed by atoms with van der Waals surface area (Å²) in [4.78, 5) is 0.358. The Labute approximate surface area is 134 Å². The van der Waals surface area contributed by atoms with Gasteiger partial charge < -0.3 is 0 Å². The summed E-state index contributed by atoms with van der Waals surface area (Å²) in [7, 11) is -1.78. The van der Waals surface area contributed by atoms with E-state index >= 15 is 0 Å². The molecule has 1 aromatic rings. The van der Waals surface area contributed by atoms with Crippen LogP contribution in [-0.4, -0.2) is 25.8 Å². The van der Waals surface area contributed by atoms with E-state index in [0.29, 0.717) is 10.8 Å². The summed E-state index contributed by atoms with van der Waals surface area (Å²) in [5.41, 5.74) is 1.55. The van der Waals surface area contributed by atoms with Gasteiger partial charge in [0.25, 0.3) is 0 Å². The van der Waals surface area contributed by atoms with Gasteiger partial charge in [-0.3, -0.25) is 0 Å². The van der Waals surface area contributed by atoms with Gasteiger partial charge in [0.1, 0.15) is 0 Å². The lowest BCUT2D eigenvalue weighted by molar-refractivity contribution is 0.372. The van der Waals surface area contributed by atoms with Gasteiger partial charge >= 0.3 is 0 Å². The van der Waals surface area contributed by atoms with E-state index in [1.54, 1.807) is 13.1 Å². The predicted octanol–water partition coefficient (Wildman–Crippen LogP) is 4.06. The molecule has 0 saturated heterocycles. The Morgan fingerprint density at radius 2 is 1.95 bits per heavy atom. The van der Waals surface area contributed by atoms with Crippen LogP contribution < -0.4 is 0 Å². The number of halogens is 2. The van der Waals surface area contributed by atoms with Crippen LogP contribution in [0.15, 0.2) is 21.5 Å². The lowest BCUT2D eigenvalue weighted by Gasteiger charge is -2.25. The Morgan fingerprint density at radius 3 is 2.50 bits per heavy atom. The van der Waals surface area contributed by atoms with Crippen LogP contribution in [0.3, 0.4) is 0 Å². The van der Waals surface area contributed by atoms with Crippen LogP contribution >= 0.6 is 27.5 Å². The first kappa shape index (κ1) is 16.3. The average molecular weight is 381 g/mol. The van der Waals surface area contributed by atoms with Gasteiger partial charge in [0.05, 0.1) is 4.90 Å². The van der Waals surface area contributed by atoms with Crippen molar-refractivity contribution < 1.29 is 8.42 Å². The highest BCUT2D eigenvalue weighted by atomic mass is 79.9. The number of hydrogen-bond donors (Lipinski definition) is 0. The molecule has 20 heavy (non-hydrogen) atoms. The summed E-state index contributed by atoms with van der Waals surface area (Å²) in [6, 6.07) is 3.68.